The predicted molar refractivity (Wildman–Crippen MR) is 89.4 cm³/mol. The van der Waals surface area contributed by atoms with Gasteiger partial charge in [-0.3, -0.25) is 9.59 Å². The number of halogens is 1. The number of amides is 2. The zero-order chi connectivity index (χ0) is 16.4. The zero-order valence-electron chi connectivity index (χ0n) is 12.5. The molecular weight excluding hydrogens is 316 g/mol. The van der Waals surface area contributed by atoms with Crippen molar-refractivity contribution in [3.63, 3.8) is 0 Å². The number of benzene rings is 2. The SMILES string of the molecule is CCN1C(=O)COc2ccc(NC(=O)c3ccccc3Cl)cc21. The Labute approximate surface area is 138 Å². The molecule has 2 aromatic rings. The number of nitrogens with one attached hydrogen (secondary N) is 1. The lowest BCUT2D eigenvalue weighted by molar-refractivity contribution is -0.121. The third-order valence-electron chi connectivity index (χ3n) is 3.59. The van der Waals surface area contributed by atoms with Crippen molar-refractivity contribution in [3.05, 3.63) is 53.1 Å². The van der Waals surface area contributed by atoms with E-state index < -0.39 is 0 Å². The average molecular weight is 331 g/mol. The molecule has 2 aromatic carbocycles. The Morgan fingerprint density at radius 3 is 2.83 bits per heavy atom. The Morgan fingerprint density at radius 2 is 2.09 bits per heavy atom. The number of anilines is 2. The van der Waals surface area contributed by atoms with Crippen LogP contribution in [-0.2, 0) is 4.79 Å². The molecule has 2 amide bonds. The Kier molecular flexibility index (Phi) is 4.21. The summed E-state index contributed by atoms with van der Waals surface area (Å²) in [6.07, 6.45) is 0. The standard InChI is InChI=1S/C17H15ClN2O3/c1-2-20-14-9-11(7-8-15(14)23-10-16(20)21)19-17(22)12-5-3-4-6-13(12)18/h3-9H,2,10H2,1H3,(H,19,22). The molecular formula is C17H15ClN2O3. The molecule has 0 bridgehead atoms. The number of likely N-dealkylation sites (N-methyl/N-ethyl adjacent to an activating group) is 1. The summed E-state index contributed by atoms with van der Waals surface area (Å²) in [7, 11) is 0. The molecule has 0 aliphatic carbocycles. The molecule has 0 aromatic heterocycles. The average Bonchev–Trinajstić information content (AvgIpc) is 2.55. The number of ether oxygens (including phenoxy) is 1. The van der Waals surface area contributed by atoms with E-state index in [2.05, 4.69) is 5.32 Å². The summed E-state index contributed by atoms with van der Waals surface area (Å²) in [5, 5.41) is 3.18. The van der Waals surface area contributed by atoms with Crippen LogP contribution in [0.5, 0.6) is 5.75 Å². The molecule has 0 fully saturated rings. The van der Waals surface area contributed by atoms with Crippen LogP contribution < -0.4 is 15.0 Å². The van der Waals surface area contributed by atoms with Gasteiger partial charge in [-0.25, -0.2) is 0 Å². The smallest absolute Gasteiger partial charge is 0.265 e. The molecule has 0 unspecified atom stereocenters. The minimum Gasteiger partial charge on any atom is -0.482 e. The van der Waals surface area contributed by atoms with Crippen LogP contribution in [0.25, 0.3) is 0 Å². The predicted octanol–water partition coefficient (Wildman–Crippen LogP) is 3.34. The summed E-state index contributed by atoms with van der Waals surface area (Å²) in [6, 6.07) is 12.0. The second kappa shape index (κ2) is 6.30. The third-order valence-corrected chi connectivity index (χ3v) is 3.92. The van der Waals surface area contributed by atoms with Crippen molar-refractivity contribution < 1.29 is 14.3 Å². The van der Waals surface area contributed by atoms with E-state index in [1.165, 1.54) is 0 Å². The molecule has 118 valence electrons. The van der Waals surface area contributed by atoms with E-state index in [0.29, 0.717) is 34.3 Å². The molecule has 1 N–H and O–H groups in total. The summed E-state index contributed by atoms with van der Waals surface area (Å²) in [5.41, 5.74) is 1.62. The number of fused-ring (bicyclic) bond motifs is 1. The van der Waals surface area contributed by atoms with Gasteiger partial charge in [0.2, 0.25) is 0 Å². The van der Waals surface area contributed by atoms with Crippen LogP contribution in [0, 0.1) is 0 Å². The summed E-state index contributed by atoms with van der Waals surface area (Å²) in [5.74, 6) is 0.221. The van der Waals surface area contributed by atoms with Gasteiger partial charge in [-0.15, -0.1) is 0 Å². The molecule has 0 spiro atoms. The van der Waals surface area contributed by atoms with Crippen molar-refractivity contribution >= 4 is 34.8 Å². The van der Waals surface area contributed by atoms with Crippen molar-refractivity contribution in [3.8, 4) is 5.75 Å². The topological polar surface area (TPSA) is 58.6 Å². The number of rotatable bonds is 3. The van der Waals surface area contributed by atoms with E-state index in [0.717, 1.165) is 0 Å². The van der Waals surface area contributed by atoms with E-state index in [1.807, 2.05) is 6.92 Å². The van der Waals surface area contributed by atoms with E-state index >= 15 is 0 Å². The highest BCUT2D eigenvalue weighted by Crippen LogP contribution is 2.34. The number of carbonyl (C=O) groups excluding carboxylic acids is 2. The highest BCUT2D eigenvalue weighted by Gasteiger charge is 2.24. The molecule has 1 aliphatic heterocycles. The van der Waals surface area contributed by atoms with Gasteiger partial charge in [0.25, 0.3) is 11.8 Å². The second-order valence-corrected chi connectivity index (χ2v) is 5.45. The van der Waals surface area contributed by atoms with E-state index in [4.69, 9.17) is 16.3 Å². The number of nitrogens with zero attached hydrogens (tertiary/aromatic N) is 1. The van der Waals surface area contributed by atoms with Crippen molar-refractivity contribution in [2.75, 3.05) is 23.4 Å². The maximum absolute atomic E-state index is 12.3. The number of hydrogen-bond acceptors (Lipinski definition) is 3. The molecule has 1 heterocycles. The zero-order valence-corrected chi connectivity index (χ0v) is 13.3. The van der Waals surface area contributed by atoms with Crippen LogP contribution >= 0.6 is 11.6 Å². The summed E-state index contributed by atoms with van der Waals surface area (Å²) >= 11 is 6.03. The van der Waals surface area contributed by atoms with Gasteiger partial charge in [0, 0.05) is 12.2 Å². The fraction of sp³-hybridized carbons (Fsp3) is 0.176. The van der Waals surface area contributed by atoms with E-state index in [1.54, 1.807) is 47.4 Å². The van der Waals surface area contributed by atoms with Crippen LogP contribution in [0.2, 0.25) is 5.02 Å². The molecule has 0 atom stereocenters. The molecule has 0 saturated heterocycles. The Hall–Kier alpha value is -2.53. The van der Waals surface area contributed by atoms with Gasteiger partial charge in [-0.1, -0.05) is 23.7 Å². The molecule has 1 aliphatic rings. The van der Waals surface area contributed by atoms with Crippen LogP contribution in [0.3, 0.4) is 0 Å². The van der Waals surface area contributed by atoms with Crippen molar-refractivity contribution in [2.24, 2.45) is 0 Å². The molecule has 0 radical (unpaired) electrons. The van der Waals surface area contributed by atoms with Gasteiger partial charge in [0.05, 0.1) is 16.3 Å². The maximum Gasteiger partial charge on any atom is 0.265 e. The highest BCUT2D eigenvalue weighted by molar-refractivity contribution is 6.34. The first-order chi connectivity index (χ1) is 11.1. The minimum atomic E-state index is -0.304. The van der Waals surface area contributed by atoms with Gasteiger partial charge in [0.1, 0.15) is 5.75 Å². The quantitative estimate of drug-likeness (QED) is 0.939. The summed E-state index contributed by atoms with van der Waals surface area (Å²) in [4.78, 5) is 25.8. The largest absolute Gasteiger partial charge is 0.482 e. The molecule has 6 heteroatoms. The maximum atomic E-state index is 12.3. The molecule has 0 saturated carbocycles. The lowest BCUT2D eigenvalue weighted by Gasteiger charge is -2.28. The van der Waals surface area contributed by atoms with Gasteiger partial charge in [-0.2, -0.15) is 0 Å². The monoisotopic (exact) mass is 330 g/mol. The number of hydrogen-bond donors (Lipinski definition) is 1. The van der Waals surface area contributed by atoms with Crippen LogP contribution in [0.1, 0.15) is 17.3 Å². The summed E-state index contributed by atoms with van der Waals surface area (Å²) in [6.45, 7) is 2.46. The van der Waals surface area contributed by atoms with Gasteiger partial charge in [0.15, 0.2) is 6.61 Å². The van der Waals surface area contributed by atoms with Gasteiger partial charge < -0.3 is 15.0 Å². The Morgan fingerprint density at radius 1 is 1.30 bits per heavy atom. The lowest BCUT2D eigenvalue weighted by Crippen LogP contribution is -2.38. The molecule has 3 rings (SSSR count). The molecule has 5 nitrogen and oxygen atoms in total. The van der Waals surface area contributed by atoms with Gasteiger partial charge in [-0.05, 0) is 37.3 Å². The first-order valence-corrected chi connectivity index (χ1v) is 7.61. The molecule has 23 heavy (non-hydrogen) atoms. The Balaban J connectivity index is 1.88. The minimum absolute atomic E-state index is 0.0339. The third kappa shape index (κ3) is 3.00. The fourth-order valence-corrected chi connectivity index (χ4v) is 2.69. The van der Waals surface area contributed by atoms with E-state index in [9.17, 15) is 9.59 Å². The first-order valence-electron chi connectivity index (χ1n) is 7.23. The van der Waals surface area contributed by atoms with Crippen molar-refractivity contribution in [2.45, 2.75) is 6.92 Å². The summed E-state index contributed by atoms with van der Waals surface area (Å²) < 4.78 is 5.41. The normalized spacial score (nSPS) is 13.3. The second-order valence-electron chi connectivity index (χ2n) is 5.04. The van der Waals surface area contributed by atoms with Crippen LogP contribution in [0.15, 0.2) is 42.5 Å². The first kappa shape index (κ1) is 15.4. The van der Waals surface area contributed by atoms with Crippen molar-refractivity contribution in [1.82, 2.24) is 0 Å². The Bertz CT molecular complexity index is 776. The van der Waals surface area contributed by atoms with E-state index in [-0.39, 0.29) is 18.4 Å². The van der Waals surface area contributed by atoms with Crippen LogP contribution in [-0.4, -0.2) is 25.0 Å². The highest BCUT2D eigenvalue weighted by atomic mass is 35.5. The van der Waals surface area contributed by atoms with Crippen molar-refractivity contribution in [1.29, 1.82) is 0 Å². The van der Waals surface area contributed by atoms with Gasteiger partial charge >= 0.3 is 0 Å². The fourth-order valence-electron chi connectivity index (χ4n) is 2.47. The lowest BCUT2D eigenvalue weighted by atomic mass is 10.1. The van der Waals surface area contributed by atoms with Crippen LogP contribution in [0.4, 0.5) is 11.4 Å². The number of carbonyl (C=O) groups is 2.